The molecule has 0 radical (unpaired) electrons. The normalized spacial score (nSPS) is 19.8. The fourth-order valence-corrected chi connectivity index (χ4v) is 2.86. The van der Waals surface area contributed by atoms with Crippen molar-refractivity contribution in [3.63, 3.8) is 0 Å². The number of hydrogen-bond acceptors (Lipinski definition) is 6. The van der Waals surface area contributed by atoms with E-state index in [9.17, 15) is 5.26 Å². The van der Waals surface area contributed by atoms with Crippen LogP contribution < -0.4 is 10.7 Å². The van der Waals surface area contributed by atoms with Gasteiger partial charge in [0.15, 0.2) is 5.84 Å². The molecule has 0 amide bonds. The van der Waals surface area contributed by atoms with E-state index in [4.69, 9.17) is 5.84 Å². The summed E-state index contributed by atoms with van der Waals surface area (Å²) in [5.41, 5.74) is 2.62. The second-order valence-electron chi connectivity index (χ2n) is 5.45. The molecule has 1 saturated heterocycles. The van der Waals surface area contributed by atoms with Crippen molar-refractivity contribution in [2.24, 2.45) is 10.9 Å². The smallest absolute Gasteiger partial charge is 0.150 e. The molecule has 2 aliphatic heterocycles. The number of hydrogen-bond donors (Lipinski definition) is 1. The highest BCUT2D eigenvalue weighted by atomic mass is 15.6. The Morgan fingerprint density at radius 2 is 1.83 bits per heavy atom. The van der Waals surface area contributed by atoms with Gasteiger partial charge in [-0.05, 0) is 31.2 Å². The first-order valence-electron chi connectivity index (χ1n) is 7.70. The van der Waals surface area contributed by atoms with Crippen LogP contribution in [-0.4, -0.2) is 42.0 Å². The van der Waals surface area contributed by atoms with Crippen molar-refractivity contribution in [1.82, 2.24) is 10.0 Å². The minimum Gasteiger partial charge on any atom is -0.367 e. The van der Waals surface area contributed by atoms with Crippen molar-refractivity contribution in [3.8, 4) is 6.07 Å². The zero-order chi connectivity index (χ0) is 16.2. The lowest BCUT2D eigenvalue weighted by molar-refractivity contribution is 0.345. The Labute approximate surface area is 136 Å². The van der Waals surface area contributed by atoms with Gasteiger partial charge in [0.05, 0.1) is 16.9 Å². The SMILES string of the molecule is C/C=C1\C=CC(N2CCN(c3ccccc3C#N)CC2)=NN1N. The zero-order valence-electron chi connectivity index (χ0n) is 13.2. The summed E-state index contributed by atoms with van der Waals surface area (Å²) in [5.74, 6) is 6.78. The van der Waals surface area contributed by atoms with Crippen LogP contribution in [0.4, 0.5) is 5.69 Å². The molecule has 6 nitrogen and oxygen atoms in total. The van der Waals surface area contributed by atoms with E-state index < -0.39 is 0 Å². The molecular formula is C17H20N6. The molecule has 23 heavy (non-hydrogen) atoms. The monoisotopic (exact) mass is 308 g/mol. The van der Waals surface area contributed by atoms with Gasteiger partial charge in [-0.25, -0.2) is 5.84 Å². The first kappa shape index (κ1) is 15.1. The van der Waals surface area contributed by atoms with Crippen LogP contribution in [-0.2, 0) is 0 Å². The van der Waals surface area contributed by atoms with Crippen LogP contribution >= 0.6 is 0 Å². The van der Waals surface area contributed by atoms with Crippen molar-refractivity contribution in [2.75, 3.05) is 31.1 Å². The highest BCUT2D eigenvalue weighted by Gasteiger charge is 2.22. The summed E-state index contributed by atoms with van der Waals surface area (Å²) >= 11 is 0. The van der Waals surface area contributed by atoms with Crippen molar-refractivity contribution in [2.45, 2.75) is 6.92 Å². The number of anilines is 1. The molecule has 1 fully saturated rings. The van der Waals surface area contributed by atoms with Crippen molar-refractivity contribution in [1.29, 1.82) is 5.26 Å². The summed E-state index contributed by atoms with van der Waals surface area (Å²) in [7, 11) is 0. The van der Waals surface area contributed by atoms with E-state index >= 15 is 0 Å². The Kier molecular flexibility index (Phi) is 4.31. The lowest BCUT2D eigenvalue weighted by atomic mass is 10.1. The second kappa shape index (κ2) is 6.55. The van der Waals surface area contributed by atoms with E-state index in [1.165, 1.54) is 5.12 Å². The highest BCUT2D eigenvalue weighted by Crippen LogP contribution is 2.21. The Hall–Kier alpha value is -2.78. The Morgan fingerprint density at radius 1 is 1.13 bits per heavy atom. The van der Waals surface area contributed by atoms with E-state index in [0.717, 1.165) is 49.0 Å². The molecule has 0 saturated carbocycles. The first-order valence-corrected chi connectivity index (χ1v) is 7.70. The van der Waals surface area contributed by atoms with Gasteiger partial charge in [-0.1, -0.05) is 18.2 Å². The molecule has 1 aromatic rings. The standard InChI is InChI=1S/C17H20N6/c1-2-15-7-8-17(20-23(15)19)22-11-9-21(10-12-22)16-6-4-3-5-14(16)13-18/h2-8H,9-12,19H2,1H3/b15-2+. The fourth-order valence-electron chi connectivity index (χ4n) is 2.86. The summed E-state index contributed by atoms with van der Waals surface area (Å²) in [6.07, 6.45) is 5.89. The second-order valence-corrected chi connectivity index (χ2v) is 5.45. The van der Waals surface area contributed by atoms with Crippen LogP contribution in [0.2, 0.25) is 0 Å². The van der Waals surface area contributed by atoms with Gasteiger partial charge in [0.25, 0.3) is 0 Å². The summed E-state index contributed by atoms with van der Waals surface area (Å²) in [6, 6.07) is 10.0. The number of para-hydroxylation sites is 1. The van der Waals surface area contributed by atoms with E-state index in [1.807, 2.05) is 49.4 Å². The first-order chi connectivity index (χ1) is 11.2. The zero-order valence-corrected chi connectivity index (χ0v) is 13.2. The average molecular weight is 308 g/mol. The number of nitrogens with two attached hydrogens (primary N) is 1. The van der Waals surface area contributed by atoms with Gasteiger partial charge in [-0.3, -0.25) is 0 Å². The molecule has 0 bridgehead atoms. The van der Waals surface area contributed by atoms with Gasteiger partial charge in [0, 0.05) is 26.2 Å². The van der Waals surface area contributed by atoms with Gasteiger partial charge in [0.2, 0.25) is 0 Å². The summed E-state index contributed by atoms with van der Waals surface area (Å²) in [5, 5.41) is 15.1. The molecule has 1 aromatic carbocycles. The van der Waals surface area contributed by atoms with Crippen LogP contribution in [0.15, 0.2) is 53.3 Å². The molecule has 0 aliphatic carbocycles. The van der Waals surface area contributed by atoms with Crippen LogP contribution in [0.1, 0.15) is 12.5 Å². The lowest BCUT2D eigenvalue weighted by Gasteiger charge is -2.38. The van der Waals surface area contributed by atoms with Gasteiger partial charge in [-0.15, -0.1) is 5.10 Å². The molecule has 0 atom stereocenters. The molecule has 0 aromatic heterocycles. The minimum absolute atomic E-state index is 0.724. The molecule has 2 N–H and O–H groups in total. The predicted octanol–water partition coefficient (Wildman–Crippen LogP) is 1.64. The quantitative estimate of drug-likeness (QED) is 0.799. The van der Waals surface area contributed by atoms with Crippen LogP contribution in [0.25, 0.3) is 0 Å². The number of rotatable bonds is 1. The Balaban J connectivity index is 1.68. The van der Waals surface area contributed by atoms with Crippen LogP contribution in [0.3, 0.4) is 0 Å². The molecule has 3 rings (SSSR count). The van der Waals surface area contributed by atoms with E-state index in [2.05, 4.69) is 21.0 Å². The third-order valence-corrected chi connectivity index (χ3v) is 4.14. The summed E-state index contributed by atoms with van der Waals surface area (Å²) < 4.78 is 0. The molecule has 118 valence electrons. The lowest BCUT2D eigenvalue weighted by Crippen LogP contribution is -2.49. The molecule has 0 spiro atoms. The molecule has 6 heteroatoms. The Morgan fingerprint density at radius 3 is 2.48 bits per heavy atom. The fraction of sp³-hybridized carbons (Fsp3) is 0.294. The maximum Gasteiger partial charge on any atom is 0.150 e. The molecular weight excluding hydrogens is 288 g/mol. The van der Waals surface area contributed by atoms with Gasteiger partial charge in [-0.2, -0.15) is 10.4 Å². The maximum absolute atomic E-state index is 9.24. The minimum atomic E-state index is 0.724. The number of hydrazone groups is 1. The van der Waals surface area contributed by atoms with Gasteiger partial charge >= 0.3 is 0 Å². The van der Waals surface area contributed by atoms with Gasteiger partial charge < -0.3 is 9.80 Å². The third kappa shape index (κ3) is 3.05. The number of amidine groups is 1. The van der Waals surface area contributed by atoms with E-state index in [1.54, 1.807) is 0 Å². The predicted molar refractivity (Wildman–Crippen MR) is 91.3 cm³/mol. The van der Waals surface area contributed by atoms with E-state index in [-0.39, 0.29) is 0 Å². The number of nitriles is 1. The van der Waals surface area contributed by atoms with Crippen LogP contribution in [0.5, 0.6) is 0 Å². The van der Waals surface area contributed by atoms with Crippen molar-refractivity contribution < 1.29 is 0 Å². The number of nitrogens with zero attached hydrogens (tertiary/aromatic N) is 5. The van der Waals surface area contributed by atoms with E-state index in [0.29, 0.717) is 0 Å². The highest BCUT2D eigenvalue weighted by molar-refractivity contribution is 5.94. The molecule has 2 heterocycles. The number of benzene rings is 1. The average Bonchev–Trinajstić information content (AvgIpc) is 2.61. The summed E-state index contributed by atoms with van der Waals surface area (Å²) in [6.45, 7) is 5.34. The van der Waals surface area contributed by atoms with Crippen molar-refractivity contribution >= 4 is 11.5 Å². The maximum atomic E-state index is 9.24. The summed E-state index contributed by atoms with van der Waals surface area (Å²) in [4.78, 5) is 4.47. The Bertz CT molecular complexity index is 704. The largest absolute Gasteiger partial charge is 0.367 e. The van der Waals surface area contributed by atoms with Gasteiger partial charge in [0.1, 0.15) is 6.07 Å². The third-order valence-electron chi connectivity index (χ3n) is 4.14. The van der Waals surface area contributed by atoms with Crippen molar-refractivity contribution in [3.05, 3.63) is 53.8 Å². The number of hydrazine groups is 1. The molecule has 0 unspecified atom stereocenters. The number of allylic oxidation sites excluding steroid dienone is 2. The molecule has 2 aliphatic rings. The van der Waals surface area contributed by atoms with Crippen LogP contribution in [0, 0.1) is 11.3 Å². The number of piperazine rings is 1. The topological polar surface area (TPSA) is 71.9 Å².